The Hall–Kier alpha value is -1.95. The summed E-state index contributed by atoms with van der Waals surface area (Å²) in [5.41, 5.74) is 7.25. The fourth-order valence-electron chi connectivity index (χ4n) is 1.97. The second-order valence-corrected chi connectivity index (χ2v) is 4.73. The molecule has 0 aromatic carbocycles. The normalized spacial score (nSPS) is 16.7. The molecule has 0 aliphatic heterocycles. The van der Waals surface area contributed by atoms with E-state index in [4.69, 9.17) is 5.73 Å². The van der Waals surface area contributed by atoms with E-state index in [1.807, 2.05) is 0 Å². The highest BCUT2D eigenvalue weighted by Crippen LogP contribution is 2.31. The fourth-order valence-corrected chi connectivity index (χ4v) is 1.97. The van der Waals surface area contributed by atoms with E-state index < -0.39 is 0 Å². The van der Waals surface area contributed by atoms with Gasteiger partial charge in [0.15, 0.2) is 5.65 Å². The molecule has 94 valence electrons. The second kappa shape index (κ2) is 4.38. The van der Waals surface area contributed by atoms with Crippen LogP contribution in [0.1, 0.15) is 23.2 Å². The Morgan fingerprint density at radius 3 is 3.17 bits per heavy atom. The predicted octanol–water partition coefficient (Wildman–Crippen LogP) is 0.196. The summed E-state index contributed by atoms with van der Waals surface area (Å²) in [4.78, 5) is 11.9. The number of pyridine rings is 1. The van der Waals surface area contributed by atoms with E-state index in [0.717, 1.165) is 5.65 Å². The maximum Gasteiger partial charge on any atom is 0.252 e. The lowest BCUT2D eigenvalue weighted by atomic mass is 10.2. The third kappa shape index (κ3) is 2.19. The zero-order valence-electron chi connectivity index (χ0n) is 9.91. The van der Waals surface area contributed by atoms with E-state index in [9.17, 15) is 4.79 Å². The highest BCUT2D eigenvalue weighted by molar-refractivity contribution is 5.94. The van der Waals surface area contributed by atoms with Crippen molar-refractivity contribution in [3.05, 3.63) is 30.2 Å². The van der Waals surface area contributed by atoms with Crippen molar-refractivity contribution in [3.63, 3.8) is 0 Å². The average molecular weight is 245 g/mol. The van der Waals surface area contributed by atoms with Gasteiger partial charge in [0, 0.05) is 18.8 Å². The van der Waals surface area contributed by atoms with Crippen LogP contribution >= 0.6 is 0 Å². The van der Waals surface area contributed by atoms with E-state index in [0.29, 0.717) is 18.0 Å². The Balaban J connectivity index is 1.66. The molecule has 1 aliphatic carbocycles. The average Bonchev–Trinajstić information content (AvgIpc) is 3.13. The molecule has 18 heavy (non-hydrogen) atoms. The van der Waals surface area contributed by atoms with Gasteiger partial charge in [0.05, 0.1) is 5.56 Å². The van der Waals surface area contributed by atoms with E-state index in [-0.39, 0.29) is 11.9 Å². The van der Waals surface area contributed by atoms with E-state index >= 15 is 0 Å². The number of carbonyl (C=O) groups is 1. The minimum absolute atomic E-state index is 0.0765. The number of aromatic nitrogens is 3. The molecule has 1 amide bonds. The number of hydrogen-bond acceptors (Lipinski definition) is 4. The first-order chi connectivity index (χ1) is 8.74. The Morgan fingerprint density at radius 2 is 2.39 bits per heavy atom. The molecule has 1 atom stereocenters. The van der Waals surface area contributed by atoms with Crippen LogP contribution in [0.3, 0.4) is 0 Å². The van der Waals surface area contributed by atoms with Gasteiger partial charge in [0.2, 0.25) is 0 Å². The molecule has 1 saturated carbocycles. The molecule has 3 N–H and O–H groups in total. The minimum atomic E-state index is -0.110. The third-order valence-electron chi connectivity index (χ3n) is 3.28. The molecule has 0 spiro atoms. The molecule has 6 nitrogen and oxygen atoms in total. The lowest BCUT2D eigenvalue weighted by Gasteiger charge is -2.11. The summed E-state index contributed by atoms with van der Waals surface area (Å²) < 4.78 is 1.72. The van der Waals surface area contributed by atoms with Crippen molar-refractivity contribution < 1.29 is 4.79 Å². The smallest absolute Gasteiger partial charge is 0.252 e. The highest BCUT2D eigenvalue weighted by Gasteiger charge is 2.28. The molecule has 1 aliphatic rings. The van der Waals surface area contributed by atoms with Crippen LogP contribution < -0.4 is 11.1 Å². The van der Waals surface area contributed by atoms with Gasteiger partial charge < -0.3 is 11.1 Å². The molecule has 0 radical (unpaired) electrons. The first kappa shape index (κ1) is 11.2. The zero-order chi connectivity index (χ0) is 12.5. The number of amides is 1. The van der Waals surface area contributed by atoms with Gasteiger partial charge in [-0.05, 0) is 30.9 Å². The SMILES string of the molecule is NC(CNC(=O)c1ccc2nncn2c1)C1CC1. The van der Waals surface area contributed by atoms with Crippen molar-refractivity contribution in [2.75, 3.05) is 6.54 Å². The Morgan fingerprint density at radius 1 is 1.56 bits per heavy atom. The van der Waals surface area contributed by atoms with Gasteiger partial charge in [-0.1, -0.05) is 0 Å². The molecule has 0 saturated heterocycles. The van der Waals surface area contributed by atoms with Crippen LogP contribution in [0.4, 0.5) is 0 Å². The molecule has 2 heterocycles. The Kier molecular flexibility index (Phi) is 2.71. The van der Waals surface area contributed by atoms with Crippen molar-refractivity contribution in [2.24, 2.45) is 11.7 Å². The van der Waals surface area contributed by atoms with Gasteiger partial charge in [0.1, 0.15) is 6.33 Å². The quantitative estimate of drug-likeness (QED) is 0.805. The summed E-state index contributed by atoms with van der Waals surface area (Å²) >= 11 is 0. The molecule has 1 fully saturated rings. The first-order valence-corrected chi connectivity index (χ1v) is 6.07. The molecule has 0 bridgehead atoms. The molecular formula is C12H15N5O. The van der Waals surface area contributed by atoms with Crippen molar-refractivity contribution in [3.8, 4) is 0 Å². The predicted molar refractivity (Wildman–Crippen MR) is 66.0 cm³/mol. The van der Waals surface area contributed by atoms with Crippen molar-refractivity contribution in [1.82, 2.24) is 19.9 Å². The van der Waals surface area contributed by atoms with Crippen molar-refractivity contribution in [1.29, 1.82) is 0 Å². The number of nitrogens with one attached hydrogen (secondary N) is 1. The van der Waals surface area contributed by atoms with E-state index in [1.165, 1.54) is 12.8 Å². The lowest BCUT2D eigenvalue weighted by molar-refractivity contribution is 0.0950. The molecule has 6 heteroatoms. The number of hydrogen-bond donors (Lipinski definition) is 2. The molecule has 2 aromatic rings. The standard InChI is InChI=1S/C12H15N5O/c13-10(8-1-2-8)5-14-12(18)9-3-4-11-16-15-7-17(11)6-9/h3-4,6-8,10H,1-2,5,13H2,(H,14,18). The van der Waals surface area contributed by atoms with Gasteiger partial charge in [-0.25, -0.2) is 0 Å². The first-order valence-electron chi connectivity index (χ1n) is 6.07. The van der Waals surface area contributed by atoms with Crippen LogP contribution in [0, 0.1) is 5.92 Å². The van der Waals surface area contributed by atoms with Crippen LogP contribution in [0.15, 0.2) is 24.7 Å². The third-order valence-corrected chi connectivity index (χ3v) is 3.28. The number of fused-ring (bicyclic) bond motifs is 1. The molecule has 1 unspecified atom stereocenters. The van der Waals surface area contributed by atoms with Gasteiger partial charge in [-0.2, -0.15) is 0 Å². The second-order valence-electron chi connectivity index (χ2n) is 4.73. The summed E-state index contributed by atoms with van der Waals surface area (Å²) in [5.74, 6) is 0.479. The zero-order valence-corrected chi connectivity index (χ0v) is 9.91. The largest absolute Gasteiger partial charge is 0.350 e. The summed E-state index contributed by atoms with van der Waals surface area (Å²) in [5, 5.41) is 10.5. The lowest BCUT2D eigenvalue weighted by Crippen LogP contribution is -2.38. The van der Waals surface area contributed by atoms with Gasteiger partial charge in [-0.3, -0.25) is 9.20 Å². The van der Waals surface area contributed by atoms with E-state index in [1.54, 1.807) is 29.1 Å². The Labute approximate surface area is 104 Å². The van der Waals surface area contributed by atoms with Gasteiger partial charge in [-0.15, -0.1) is 10.2 Å². The van der Waals surface area contributed by atoms with Crippen molar-refractivity contribution in [2.45, 2.75) is 18.9 Å². The van der Waals surface area contributed by atoms with Gasteiger partial charge >= 0.3 is 0 Å². The molecule has 3 rings (SSSR count). The Bertz CT molecular complexity index is 575. The summed E-state index contributed by atoms with van der Waals surface area (Å²) in [7, 11) is 0. The van der Waals surface area contributed by atoms with Crippen LogP contribution in [0.25, 0.3) is 5.65 Å². The van der Waals surface area contributed by atoms with Gasteiger partial charge in [0.25, 0.3) is 5.91 Å². The van der Waals surface area contributed by atoms with Crippen LogP contribution in [0.5, 0.6) is 0 Å². The number of rotatable bonds is 4. The molecule has 2 aromatic heterocycles. The monoisotopic (exact) mass is 245 g/mol. The summed E-state index contributed by atoms with van der Waals surface area (Å²) in [6.07, 6.45) is 5.66. The highest BCUT2D eigenvalue weighted by atomic mass is 16.1. The van der Waals surface area contributed by atoms with Crippen LogP contribution in [-0.4, -0.2) is 33.1 Å². The number of nitrogens with zero attached hydrogens (tertiary/aromatic N) is 3. The van der Waals surface area contributed by atoms with Crippen LogP contribution in [-0.2, 0) is 0 Å². The molecular weight excluding hydrogens is 230 g/mol. The topological polar surface area (TPSA) is 85.3 Å². The minimum Gasteiger partial charge on any atom is -0.350 e. The van der Waals surface area contributed by atoms with Crippen molar-refractivity contribution >= 4 is 11.6 Å². The number of nitrogens with two attached hydrogens (primary N) is 1. The fraction of sp³-hybridized carbons (Fsp3) is 0.417. The maximum atomic E-state index is 11.9. The maximum absolute atomic E-state index is 11.9. The summed E-state index contributed by atoms with van der Waals surface area (Å²) in [6.45, 7) is 0.531. The summed E-state index contributed by atoms with van der Waals surface area (Å²) in [6, 6.07) is 3.58. The van der Waals surface area contributed by atoms with E-state index in [2.05, 4.69) is 15.5 Å². The van der Waals surface area contributed by atoms with Crippen LogP contribution in [0.2, 0.25) is 0 Å². The number of carbonyl (C=O) groups excluding carboxylic acids is 1.